The van der Waals surface area contributed by atoms with E-state index in [1.165, 1.54) is 4.90 Å². The van der Waals surface area contributed by atoms with E-state index in [1.54, 1.807) is 11.8 Å². The van der Waals surface area contributed by atoms with Crippen LogP contribution in [0, 0.1) is 5.41 Å². The van der Waals surface area contributed by atoms with Gasteiger partial charge in [0, 0.05) is 4.90 Å². The Hall–Kier alpha value is -0.960. The molecule has 1 aromatic rings. The minimum absolute atomic E-state index is 0.144. The Labute approximate surface area is 88.1 Å². The van der Waals surface area contributed by atoms with Crippen molar-refractivity contribution in [2.24, 2.45) is 5.41 Å². The maximum atomic E-state index is 11.2. The molecule has 2 nitrogen and oxygen atoms in total. The van der Waals surface area contributed by atoms with Gasteiger partial charge < -0.3 is 5.32 Å². The number of amides is 1. The molecule has 1 unspecified atom stereocenters. The summed E-state index contributed by atoms with van der Waals surface area (Å²) in [6.45, 7) is 3.96. The van der Waals surface area contributed by atoms with Crippen LogP contribution < -0.4 is 5.32 Å². The van der Waals surface area contributed by atoms with Gasteiger partial charge in [-0.1, -0.05) is 18.2 Å². The van der Waals surface area contributed by atoms with E-state index in [4.69, 9.17) is 0 Å². The van der Waals surface area contributed by atoms with Crippen LogP contribution in [0.2, 0.25) is 0 Å². The summed E-state index contributed by atoms with van der Waals surface area (Å²) in [5, 5.41) is 3.11. The maximum absolute atomic E-state index is 11.2. The molecule has 0 spiro atoms. The second kappa shape index (κ2) is 3.31. The molecule has 74 valence electrons. The van der Waals surface area contributed by atoms with Crippen molar-refractivity contribution in [3.8, 4) is 0 Å². The molecule has 1 atom stereocenters. The average molecular weight is 207 g/mol. The molecule has 1 N–H and O–H groups in total. The Bertz CT molecular complexity index is 348. The zero-order valence-electron chi connectivity index (χ0n) is 8.28. The number of hydrogen-bond donors (Lipinski definition) is 1. The van der Waals surface area contributed by atoms with Gasteiger partial charge in [0.15, 0.2) is 0 Å². The van der Waals surface area contributed by atoms with Gasteiger partial charge in [0.2, 0.25) is 5.91 Å². The van der Waals surface area contributed by atoms with Crippen LogP contribution in [-0.2, 0) is 4.79 Å². The highest BCUT2D eigenvalue weighted by Gasteiger charge is 2.47. The van der Waals surface area contributed by atoms with Gasteiger partial charge in [0.1, 0.15) is 0 Å². The fourth-order valence-corrected chi connectivity index (χ4v) is 2.49. The third-order valence-corrected chi connectivity index (χ3v) is 3.99. The summed E-state index contributed by atoms with van der Waals surface area (Å²) < 4.78 is 0. The monoisotopic (exact) mass is 207 g/mol. The number of rotatable bonds is 2. The zero-order chi connectivity index (χ0) is 10.2. The van der Waals surface area contributed by atoms with E-state index >= 15 is 0 Å². The first-order valence-electron chi connectivity index (χ1n) is 4.63. The molecule has 1 aliphatic heterocycles. The predicted molar refractivity (Wildman–Crippen MR) is 58.0 cm³/mol. The second-order valence-corrected chi connectivity index (χ2v) is 5.18. The minimum atomic E-state index is -0.236. The largest absolute Gasteiger partial charge is 0.342 e. The normalized spacial score (nSPS) is 23.9. The lowest BCUT2D eigenvalue weighted by atomic mass is 9.85. The van der Waals surface area contributed by atoms with E-state index in [-0.39, 0.29) is 16.7 Å². The van der Waals surface area contributed by atoms with Gasteiger partial charge in [-0.2, -0.15) is 0 Å². The van der Waals surface area contributed by atoms with Gasteiger partial charge >= 0.3 is 0 Å². The Morgan fingerprint density at radius 2 is 1.93 bits per heavy atom. The Morgan fingerprint density at radius 1 is 1.29 bits per heavy atom. The number of benzene rings is 1. The zero-order valence-corrected chi connectivity index (χ0v) is 9.10. The summed E-state index contributed by atoms with van der Waals surface area (Å²) in [4.78, 5) is 12.4. The van der Waals surface area contributed by atoms with E-state index in [1.807, 2.05) is 32.0 Å². The van der Waals surface area contributed by atoms with E-state index in [0.717, 1.165) is 0 Å². The number of carbonyl (C=O) groups is 1. The van der Waals surface area contributed by atoms with Crippen LogP contribution in [0.1, 0.15) is 13.8 Å². The molecule has 1 aromatic carbocycles. The van der Waals surface area contributed by atoms with Gasteiger partial charge in [-0.3, -0.25) is 4.79 Å². The topological polar surface area (TPSA) is 29.1 Å². The molecule has 2 rings (SSSR count). The average Bonchev–Trinajstić information content (AvgIpc) is 2.19. The maximum Gasteiger partial charge on any atom is 0.229 e. The molecular weight excluding hydrogens is 194 g/mol. The summed E-state index contributed by atoms with van der Waals surface area (Å²) in [7, 11) is 0. The van der Waals surface area contributed by atoms with Crippen molar-refractivity contribution >= 4 is 17.7 Å². The summed E-state index contributed by atoms with van der Waals surface area (Å²) in [6.07, 6.45) is 0. The number of hydrogen-bond acceptors (Lipinski definition) is 2. The highest BCUT2D eigenvalue weighted by molar-refractivity contribution is 8.00. The van der Waals surface area contributed by atoms with Gasteiger partial charge in [-0.05, 0) is 26.0 Å². The number of nitrogens with one attached hydrogen (secondary N) is 1. The highest BCUT2D eigenvalue weighted by atomic mass is 32.2. The Kier molecular flexibility index (Phi) is 2.27. The van der Waals surface area contributed by atoms with Gasteiger partial charge in [-0.15, -0.1) is 11.8 Å². The third kappa shape index (κ3) is 1.52. The van der Waals surface area contributed by atoms with E-state index in [9.17, 15) is 4.79 Å². The third-order valence-electron chi connectivity index (χ3n) is 2.50. The number of β-lactam (4-membered cyclic amide) rings is 1. The Morgan fingerprint density at radius 3 is 2.43 bits per heavy atom. The minimum Gasteiger partial charge on any atom is -0.342 e. The van der Waals surface area contributed by atoms with Gasteiger partial charge in [0.05, 0.1) is 10.8 Å². The quantitative estimate of drug-likeness (QED) is 0.754. The molecule has 0 bridgehead atoms. The molecule has 1 saturated heterocycles. The van der Waals surface area contributed by atoms with Crippen molar-refractivity contribution < 1.29 is 4.79 Å². The summed E-state index contributed by atoms with van der Waals surface area (Å²) in [5.41, 5.74) is -0.236. The SMILES string of the molecule is CC1(C)C(=O)NC1Sc1ccccc1. The van der Waals surface area contributed by atoms with Crippen LogP contribution >= 0.6 is 11.8 Å². The van der Waals surface area contributed by atoms with Crippen LogP contribution in [0.5, 0.6) is 0 Å². The van der Waals surface area contributed by atoms with Crippen LogP contribution in [-0.4, -0.2) is 11.3 Å². The summed E-state index contributed by atoms with van der Waals surface area (Å²) in [6, 6.07) is 10.1. The standard InChI is InChI=1S/C11H13NOS/c1-11(2)9(13)12-10(11)14-8-6-4-3-5-7-8/h3-7,10H,1-2H3,(H,12,13). The first-order chi connectivity index (χ1) is 6.60. The van der Waals surface area contributed by atoms with Crippen molar-refractivity contribution in [1.29, 1.82) is 0 Å². The lowest BCUT2D eigenvalue weighted by Crippen LogP contribution is -2.62. The first-order valence-corrected chi connectivity index (χ1v) is 5.51. The summed E-state index contributed by atoms with van der Waals surface area (Å²) in [5.74, 6) is 0.144. The van der Waals surface area contributed by atoms with Crippen molar-refractivity contribution in [2.75, 3.05) is 0 Å². The molecule has 0 aromatic heterocycles. The molecule has 1 aliphatic rings. The van der Waals surface area contributed by atoms with Gasteiger partial charge in [0.25, 0.3) is 0 Å². The molecule has 1 heterocycles. The van der Waals surface area contributed by atoms with E-state index in [2.05, 4.69) is 17.4 Å². The molecule has 1 fully saturated rings. The second-order valence-electron chi connectivity index (χ2n) is 4.01. The molecule has 3 heteroatoms. The molecule has 0 aliphatic carbocycles. The van der Waals surface area contributed by atoms with Crippen LogP contribution in [0.3, 0.4) is 0 Å². The fraction of sp³-hybridized carbons (Fsp3) is 0.364. The van der Waals surface area contributed by atoms with Crippen LogP contribution in [0.15, 0.2) is 35.2 Å². The molecule has 0 saturated carbocycles. The van der Waals surface area contributed by atoms with Crippen molar-refractivity contribution in [3.05, 3.63) is 30.3 Å². The lowest BCUT2D eigenvalue weighted by Gasteiger charge is -2.43. The Balaban J connectivity index is 2.04. The van der Waals surface area contributed by atoms with Crippen molar-refractivity contribution in [2.45, 2.75) is 24.1 Å². The number of carbonyl (C=O) groups excluding carboxylic acids is 1. The smallest absolute Gasteiger partial charge is 0.229 e. The predicted octanol–water partition coefficient (Wildman–Crippen LogP) is 2.26. The fourth-order valence-electron chi connectivity index (χ4n) is 1.34. The number of thioether (sulfide) groups is 1. The first kappa shape index (κ1) is 9.59. The molecular formula is C11H13NOS. The van der Waals surface area contributed by atoms with E-state index < -0.39 is 0 Å². The lowest BCUT2D eigenvalue weighted by molar-refractivity contribution is -0.138. The van der Waals surface area contributed by atoms with Crippen LogP contribution in [0.4, 0.5) is 0 Å². The van der Waals surface area contributed by atoms with Crippen molar-refractivity contribution in [3.63, 3.8) is 0 Å². The van der Waals surface area contributed by atoms with Crippen LogP contribution in [0.25, 0.3) is 0 Å². The van der Waals surface area contributed by atoms with E-state index in [0.29, 0.717) is 0 Å². The molecule has 0 radical (unpaired) electrons. The van der Waals surface area contributed by atoms with Crippen molar-refractivity contribution in [1.82, 2.24) is 5.32 Å². The molecule has 14 heavy (non-hydrogen) atoms. The van der Waals surface area contributed by atoms with Gasteiger partial charge in [-0.25, -0.2) is 0 Å². The highest BCUT2D eigenvalue weighted by Crippen LogP contribution is 2.40. The summed E-state index contributed by atoms with van der Waals surface area (Å²) >= 11 is 1.71. The molecule has 1 amide bonds.